The molecule has 3 heteroatoms. The Kier molecular flexibility index (Phi) is 4.85. The molecule has 1 rings (SSSR count). The third-order valence-electron chi connectivity index (χ3n) is 1.57. The summed E-state index contributed by atoms with van der Waals surface area (Å²) in [5.74, 6) is -0.804. The van der Waals surface area contributed by atoms with Crippen LogP contribution in [-0.2, 0) is 11.2 Å². The number of aliphatic carboxylic acids is 1. The first-order valence-corrected chi connectivity index (χ1v) is 3.65. The van der Waals surface area contributed by atoms with Gasteiger partial charge in [-0.1, -0.05) is 36.9 Å². The highest BCUT2D eigenvalue weighted by Gasteiger charge is 1.98. The van der Waals surface area contributed by atoms with Gasteiger partial charge >= 0.3 is 5.97 Å². The summed E-state index contributed by atoms with van der Waals surface area (Å²) >= 11 is 0. The van der Waals surface area contributed by atoms with Crippen molar-refractivity contribution in [3.8, 4) is 0 Å². The summed E-state index contributed by atoms with van der Waals surface area (Å²) in [5.41, 5.74) is 1.82. The Morgan fingerprint density at radius 2 is 1.92 bits per heavy atom. The van der Waals surface area contributed by atoms with Crippen molar-refractivity contribution in [3.05, 3.63) is 42.0 Å². The lowest BCUT2D eigenvalue weighted by Crippen LogP contribution is -1.99. The molecule has 0 fully saturated rings. The lowest BCUT2D eigenvalue weighted by Gasteiger charge is -1.96. The predicted octanol–water partition coefficient (Wildman–Crippen LogP) is 2.38. The van der Waals surface area contributed by atoms with Crippen LogP contribution < -0.4 is 0 Å². The van der Waals surface area contributed by atoms with Crippen molar-refractivity contribution >= 4 is 24.5 Å². The Hall–Kier alpha value is -1.28. The van der Waals surface area contributed by atoms with E-state index in [0.29, 0.717) is 0 Å². The first-order chi connectivity index (χ1) is 5.72. The molecule has 0 atom stereocenters. The number of benzene rings is 1. The van der Waals surface area contributed by atoms with Crippen LogP contribution >= 0.6 is 12.4 Å². The molecule has 0 saturated heterocycles. The van der Waals surface area contributed by atoms with Crippen LogP contribution in [0, 0.1) is 0 Å². The highest BCUT2D eigenvalue weighted by Crippen LogP contribution is 2.05. The van der Waals surface area contributed by atoms with Gasteiger partial charge in [-0.05, 0) is 11.1 Å². The molecule has 13 heavy (non-hydrogen) atoms. The van der Waals surface area contributed by atoms with Crippen molar-refractivity contribution in [1.29, 1.82) is 0 Å². The minimum atomic E-state index is -0.804. The Bertz CT molecular complexity index is 290. The lowest BCUT2D eigenvalue weighted by molar-refractivity contribution is -0.136. The molecule has 1 aromatic rings. The minimum Gasteiger partial charge on any atom is -0.481 e. The molecule has 0 heterocycles. The van der Waals surface area contributed by atoms with Crippen LogP contribution in [-0.4, -0.2) is 11.1 Å². The molecule has 0 spiro atoms. The van der Waals surface area contributed by atoms with Crippen LogP contribution in [0.3, 0.4) is 0 Å². The van der Waals surface area contributed by atoms with Gasteiger partial charge in [0.1, 0.15) is 0 Å². The van der Waals surface area contributed by atoms with Gasteiger partial charge in [0.05, 0.1) is 6.42 Å². The molecular formula is C10H11ClO2. The second-order valence-corrected chi connectivity index (χ2v) is 2.52. The van der Waals surface area contributed by atoms with Gasteiger partial charge in [-0.15, -0.1) is 12.4 Å². The predicted molar refractivity (Wildman–Crippen MR) is 55.1 cm³/mol. The molecule has 0 saturated carbocycles. The number of hydrogen-bond acceptors (Lipinski definition) is 1. The molecule has 0 bridgehead atoms. The number of rotatable bonds is 3. The summed E-state index contributed by atoms with van der Waals surface area (Å²) in [6, 6.07) is 7.30. The third kappa shape index (κ3) is 3.76. The molecule has 0 aliphatic carbocycles. The molecule has 2 nitrogen and oxygen atoms in total. The molecule has 70 valence electrons. The van der Waals surface area contributed by atoms with E-state index in [1.54, 1.807) is 18.2 Å². The molecule has 1 N–H and O–H groups in total. The average molecular weight is 199 g/mol. The number of carboxylic acids is 1. The SMILES string of the molecule is C=Cc1ccc(CC(=O)O)cc1.Cl. The largest absolute Gasteiger partial charge is 0.481 e. The number of halogens is 1. The molecular weight excluding hydrogens is 188 g/mol. The van der Waals surface area contributed by atoms with Gasteiger partial charge in [0.15, 0.2) is 0 Å². The van der Waals surface area contributed by atoms with E-state index in [9.17, 15) is 4.79 Å². The smallest absolute Gasteiger partial charge is 0.307 e. The number of carbonyl (C=O) groups is 1. The second-order valence-electron chi connectivity index (χ2n) is 2.52. The maximum absolute atomic E-state index is 10.3. The number of carboxylic acid groups (broad SMARTS) is 1. The monoisotopic (exact) mass is 198 g/mol. The normalized spacial score (nSPS) is 8.62. The Morgan fingerprint density at radius 3 is 2.31 bits per heavy atom. The van der Waals surface area contributed by atoms with Crippen LogP contribution in [0.4, 0.5) is 0 Å². The Balaban J connectivity index is 0.00000144. The fourth-order valence-corrected chi connectivity index (χ4v) is 0.946. The van der Waals surface area contributed by atoms with Gasteiger partial charge in [-0.2, -0.15) is 0 Å². The zero-order valence-electron chi connectivity index (χ0n) is 7.06. The first kappa shape index (κ1) is 11.7. The standard InChI is InChI=1S/C10H10O2.ClH/c1-2-8-3-5-9(6-4-8)7-10(11)12;/h2-6H,1,7H2,(H,11,12);1H. The van der Waals surface area contributed by atoms with Gasteiger partial charge in [0, 0.05) is 0 Å². The maximum Gasteiger partial charge on any atom is 0.307 e. The summed E-state index contributed by atoms with van der Waals surface area (Å²) in [6.07, 6.45) is 1.81. The van der Waals surface area contributed by atoms with E-state index in [1.165, 1.54) is 0 Å². The van der Waals surface area contributed by atoms with Crippen LogP contribution in [0.5, 0.6) is 0 Å². The van der Waals surface area contributed by atoms with Gasteiger partial charge in [0.25, 0.3) is 0 Å². The molecule has 0 aromatic heterocycles. The summed E-state index contributed by atoms with van der Waals surface area (Å²) in [5, 5.41) is 8.47. The molecule has 0 amide bonds. The van der Waals surface area contributed by atoms with Crippen LogP contribution in [0.25, 0.3) is 6.08 Å². The van der Waals surface area contributed by atoms with Crippen molar-refractivity contribution < 1.29 is 9.90 Å². The van der Waals surface area contributed by atoms with E-state index in [0.717, 1.165) is 11.1 Å². The Labute approximate surface area is 83.3 Å². The van der Waals surface area contributed by atoms with Gasteiger partial charge in [-0.3, -0.25) is 4.79 Å². The molecule has 0 radical (unpaired) electrons. The van der Waals surface area contributed by atoms with Crippen LogP contribution in [0.2, 0.25) is 0 Å². The van der Waals surface area contributed by atoms with Crippen molar-refractivity contribution in [2.45, 2.75) is 6.42 Å². The highest BCUT2D eigenvalue weighted by molar-refractivity contribution is 5.85. The molecule has 0 unspecified atom stereocenters. The van der Waals surface area contributed by atoms with Crippen LogP contribution in [0.15, 0.2) is 30.8 Å². The van der Waals surface area contributed by atoms with Crippen molar-refractivity contribution in [3.63, 3.8) is 0 Å². The quantitative estimate of drug-likeness (QED) is 0.810. The second kappa shape index (κ2) is 5.38. The van der Waals surface area contributed by atoms with E-state index in [-0.39, 0.29) is 18.8 Å². The van der Waals surface area contributed by atoms with Gasteiger partial charge in [-0.25, -0.2) is 0 Å². The summed E-state index contributed by atoms with van der Waals surface area (Å²) < 4.78 is 0. The van der Waals surface area contributed by atoms with E-state index in [4.69, 9.17) is 5.11 Å². The van der Waals surface area contributed by atoms with Gasteiger partial charge in [0.2, 0.25) is 0 Å². The average Bonchev–Trinajstić information content (AvgIpc) is 2.05. The summed E-state index contributed by atoms with van der Waals surface area (Å²) in [4.78, 5) is 10.3. The minimum absolute atomic E-state index is 0. The van der Waals surface area contributed by atoms with Crippen molar-refractivity contribution in [2.75, 3.05) is 0 Å². The van der Waals surface area contributed by atoms with Crippen molar-refractivity contribution in [1.82, 2.24) is 0 Å². The van der Waals surface area contributed by atoms with E-state index in [2.05, 4.69) is 6.58 Å². The van der Waals surface area contributed by atoms with Crippen molar-refractivity contribution in [2.24, 2.45) is 0 Å². The fraction of sp³-hybridized carbons (Fsp3) is 0.100. The zero-order valence-corrected chi connectivity index (χ0v) is 7.88. The van der Waals surface area contributed by atoms with Gasteiger partial charge < -0.3 is 5.11 Å². The van der Waals surface area contributed by atoms with E-state index >= 15 is 0 Å². The van der Waals surface area contributed by atoms with E-state index in [1.807, 2.05) is 12.1 Å². The topological polar surface area (TPSA) is 37.3 Å². The lowest BCUT2D eigenvalue weighted by atomic mass is 10.1. The Morgan fingerprint density at radius 1 is 1.38 bits per heavy atom. The molecule has 0 aliphatic heterocycles. The third-order valence-corrected chi connectivity index (χ3v) is 1.57. The van der Waals surface area contributed by atoms with E-state index < -0.39 is 5.97 Å². The highest BCUT2D eigenvalue weighted by atomic mass is 35.5. The molecule has 1 aromatic carbocycles. The first-order valence-electron chi connectivity index (χ1n) is 3.65. The zero-order chi connectivity index (χ0) is 8.97. The summed E-state index contributed by atoms with van der Waals surface area (Å²) in [7, 11) is 0. The fourth-order valence-electron chi connectivity index (χ4n) is 0.946. The molecule has 0 aliphatic rings. The van der Waals surface area contributed by atoms with Crippen LogP contribution in [0.1, 0.15) is 11.1 Å². The summed E-state index contributed by atoms with van der Waals surface area (Å²) in [6.45, 7) is 3.61. The number of hydrogen-bond donors (Lipinski definition) is 1. The maximum atomic E-state index is 10.3.